The number of hydrogen-bond donors (Lipinski definition) is 1. The van der Waals surface area contributed by atoms with Gasteiger partial charge in [-0.1, -0.05) is 32.6 Å². The second-order valence-electron chi connectivity index (χ2n) is 3.80. The summed E-state index contributed by atoms with van der Waals surface area (Å²) in [6, 6.07) is 0. The van der Waals surface area contributed by atoms with Crippen molar-refractivity contribution in [1.29, 1.82) is 5.41 Å². The molecule has 0 aliphatic heterocycles. The van der Waals surface area contributed by atoms with E-state index in [1.807, 2.05) is 0 Å². The predicted molar refractivity (Wildman–Crippen MR) is 49.1 cm³/mol. The van der Waals surface area contributed by atoms with Crippen molar-refractivity contribution in [3.05, 3.63) is 0 Å². The lowest BCUT2D eigenvalue weighted by atomic mass is 9.89. The molecule has 0 aromatic carbocycles. The van der Waals surface area contributed by atoms with E-state index >= 15 is 0 Å². The summed E-state index contributed by atoms with van der Waals surface area (Å²) in [4.78, 5) is 0. The molecule has 0 aromatic heterocycles. The summed E-state index contributed by atoms with van der Waals surface area (Å²) >= 11 is 0. The van der Waals surface area contributed by atoms with Gasteiger partial charge in [-0.15, -0.1) is 0 Å². The van der Waals surface area contributed by atoms with E-state index in [0.29, 0.717) is 0 Å². The molecule has 1 fully saturated rings. The van der Waals surface area contributed by atoms with E-state index in [4.69, 9.17) is 5.41 Å². The first-order valence-electron chi connectivity index (χ1n) is 4.83. The van der Waals surface area contributed by atoms with Crippen molar-refractivity contribution >= 4 is 6.21 Å². The molecule has 1 N–H and O–H groups in total. The zero-order valence-corrected chi connectivity index (χ0v) is 7.47. The molecular weight excluding hydrogens is 134 g/mol. The molecule has 0 aromatic rings. The zero-order chi connectivity index (χ0) is 8.10. The molecule has 0 spiro atoms. The molecule has 0 bridgehead atoms. The fourth-order valence-corrected chi connectivity index (χ4v) is 2.11. The van der Waals surface area contributed by atoms with Crippen LogP contribution in [0, 0.1) is 17.2 Å². The molecule has 0 amide bonds. The summed E-state index contributed by atoms with van der Waals surface area (Å²) in [7, 11) is 0. The third kappa shape index (κ3) is 2.64. The molecule has 0 heterocycles. The van der Waals surface area contributed by atoms with Crippen molar-refractivity contribution in [2.24, 2.45) is 11.8 Å². The lowest BCUT2D eigenvalue weighted by Crippen LogP contribution is -2.07. The van der Waals surface area contributed by atoms with E-state index in [1.54, 1.807) is 6.21 Å². The van der Waals surface area contributed by atoms with E-state index < -0.39 is 0 Å². The zero-order valence-electron chi connectivity index (χ0n) is 7.47. The Kier molecular flexibility index (Phi) is 3.61. The van der Waals surface area contributed by atoms with Crippen LogP contribution in [0.2, 0.25) is 0 Å². The Labute approximate surface area is 69.7 Å². The maximum Gasteiger partial charge on any atom is -0.00476 e. The molecule has 1 unspecified atom stereocenters. The molecule has 64 valence electrons. The standard InChI is InChI=1S/C10H19N/c1-9(5-4-8-11)10-6-2-3-7-10/h8-11H,2-7H2,1H3. The van der Waals surface area contributed by atoms with E-state index in [-0.39, 0.29) is 0 Å². The van der Waals surface area contributed by atoms with Gasteiger partial charge in [-0.25, -0.2) is 0 Å². The van der Waals surface area contributed by atoms with E-state index in [0.717, 1.165) is 18.3 Å². The Balaban J connectivity index is 2.16. The molecule has 1 aliphatic rings. The smallest absolute Gasteiger partial charge is 0.00476 e. The topological polar surface area (TPSA) is 23.9 Å². The Morgan fingerprint density at radius 2 is 2.09 bits per heavy atom. The highest BCUT2D eigenvalue weighted by Crippen LogP contribution is 2.32. The third-order valence-electron chi connectivity index (χ3n) is 2.97. The fourth-order valence-electron chi connectivity index (χ4n) is 2.11. The Bertz CT molecular complexity index is 114. The van der Waals surface area contributed by atoms with Crippen LogP contribution < -0.4 is 0 Å². The van der Waals surface area contributed by atoms with Gasteiger partial charge in [-0.2, -0.15) is 0 Å². The van der Waals surface area contributed by atoms with Crippen molar-refractivity contribution < 1.29 is 0 Å². The minimum atomic E-state index is 0.860. The first kappa shape index (κ1) is 8.76. The SMILES string of the molecule is CC(CCC=N)C1CCCC1. The van der Waals surface area contributed by atoms with E-state index in [1.165, 1.54) is 32.1 Å². The largest absolute Gasteiger partial charge is 0.313 e. The average molecular weight is 153 g/mol. The van der Waals surface area contributed by atoms with E-state index in [9.17, 15) is 0 Å². The van der Waals surface area contributed by atoms with Crippen LogP contribution in [-0.2, 0) is 0 Å². The van der Waals surface area contributed by atoms with Gasteiger partial charge in [0.15, 0.2) is 0 Å². The molecular formula is C10H19N. The molecule has 11 heavy (non-hydrogen) atoms. The summed E-state index contributed by atoms with van der Waals surface area (Å²) in [5.41, 5.74) is 0. The molecule has 1 nitrogen and oxygen atoms in total. The number of nitrogens with one attached hydrogen (secondary N) is 1. The predicted octanol–water partition coefficient (Wildman–Crippen LogP) is 3.24. The van der Waals surface area contributed by atoms with Gasteiger partial charge in [-0.05, 0) is 30.9 Å². The second kappa shape index (κ2) is 4.53. The van der Waals surface area contributed by atoms with Gasteiger partial charge < -0.3 is 5.41 Å². The molecule has 1 saturated carbocycles. The number of hydrogen-bond acceptors (Lipinski definition) is 1. The van der Waals surface area contributed by atoms with Crippen molar-refractivity contribution in [2.75, 3.05) is 0 Å². The summed E-state index contributed by atoms with van der Waals surface area (Å²) in [6.45, 7) is 2.35. The van der Waals surface area contributed by atoms with Crippen molar-refractivity contribution in [1.82, 2.24) is 0 Å². The van der Waals surface area contributed by atoms with Crippen LogP contribution in [0.4, 0.5) is 0 Å². The third-order valence-corrected chi connectivity index (χ3v) is 2.97. The van der Waals surface area contributed by atoms with Crippen molar-refractivity contribution in [3.8, 4) is 0 Å². The first-order valence-corrected chi connectivity index (χ1v) is 4.83. The summed E-state index contributed by atoms with van der Waals surface area (Å²) in [6.07, 6.45) is 9.54. The highest BCUT2D eigenvalue weighted by Gasteiger charge is 2.20. The summed E-state index contributed by atoms with van der Waals surface area (Å²) in [5, 5.41) is 6.94. The van der Waals surface area contributed by atoms with Crippen LogP contribution in [0.3, 0.4) is 0 Å². The lowest BCUT2D eigenvalue weighted by Gasteiger charge is -2.17. The maximum atomic E-state index is 6.94. The molecule has 0 saturated heterocycles. The Hall–Kier alpha value is -0.330. The Morgan fingerprint density at radius 3 is 2.64 bits per heavy atom. The Morgan fingerprint density at radius 1 is 1.45 bits per heavy atom. The molecule has 0 radical (unpaired) electrons. The monoisotopic (exact) mass is 153 g/mol. The maximum absolute atomic E-state index is 6.94. The van der Waals surface area contributed by atoms with Crippen LogP contribution >= 0.6 is 0 Å². The van der Waals surface area contributed by atoms with Gasteiger partial charge in [0.25, 0.3) is 0 Å². The summed E-state index contributed by atoms with van der Waals surface area (Å²) < 4.78 is 0. The highest BCUT2D eigenvalue weighted by molar-refractivity contribution is 5.52. The van der Waals surface area contributed by atoms with Crippen LogP contribution in [0.5, 0.6) is 0 Å². The van der Waals surface area contributed by atoms with Gasteiger partial charge in [0, 0.05) is 0 Å². The minimum absolute atomic E-state index is 0.860. The first-order chi connectivity index (χ1) is 5.34. The lowest BCUT2D eigenvalue weighted by molar-refractivity contribution is 0.351. The van der Waals surface area contributed by atoms with Crippen LogP contribution in [0.25, 0.3) is 0 Å². The molecule has 1 atom stereocenters. The normalized spacial score (nSPS) is 21.9. The molecule has 1 heteroatoms. The van der Waals surface area contributed by atoms with Crippen molar-refractivity contribution in [2.45, 2.75) is 45.4 Å². The highest BCUT2D eigenvalue weighted by atomic mass is 14.3. The van der Waals surface area contributed by atoms with Crippen molar-refractivity contribution in [3.63, 3.8) is 0 Å². The second-order valence-corrected chi connectivity index (χ2v) is 3.80. The molecule has 1 rings (SSSR count). The fraction of sp³-hybridized carbons (Fsp3) is 0.900. The quantitative estimate of drug-likeness (QED) is 0.599. The van der Waals surface area contributed by atoms with Gasteiger partial charge in [0.05, 0.1) is 0 Å². The number of rotatable bonds is 4. The van der Waals surface area contributed by atoms with Gasteiger partial charge in [-0.3, -0.25) is 0 Å². The van der Waals surface area contributed by atoms with Gasteiger partial charge in [0.2, 0.25) is 0 Å². The van der Waals surface area contributed by atoms with Gasteiger partial charge >= 0.3 is 0 Å². The minimum Gasteiger partial charge on any atom is -0.313 e. The van der Waals surface area contributed by atoms with Crippen LogP contribution in [-0.4, -0.2) is 6.21 Å². The molecule has 1 aliphatic carbocycles. The van der Waals surface area contributed by atoms with Crippen LogP contribution in [0.15, 0.2) is 0 Å². The average Bonchev–Trinajstić information content (AvgIpc) is 2.52. The van der Waals surface area contributed by atoms with E-state index in [2.05, 4.69) is 6.92 Å². The van der Waals surface area contributed by atoms with Crippen LogP contribution in [0.1, 0.15) is 45.4 Å². The van der Waals surface area contributed by atoms with Gasteiger partial charge in [0.1, 0.15) is 0 Å². The summed E-state index contributed by atoms with van der Waals surface area (Å²) in [5.74, 6) is 1.84.